The molecule has 4 rings (SSSR count). The Balaban J connectivity index is 1.64. The van der Waals surface area contributed by atoms with E-state index in [0.29, 0.717) is 43.8 Å². The highest BCUT2D eigenvalue weighted by Gasteiger charge is 2.31. The zero-order valence-electron chi connectivity index (χ0n) is 18.3. The van der Waals surface area contributed by atoms with Gasteiger partial charge in [-0.25, -0.2) is 0 Å². The molecule has 1 fully saturated rings. The van der Waals surface area contributed by atoms with Crippen LogP contribution in [0.2, 0.25) is 0 Å². The number of nitrogens with zero attached hydrogens (tertiary/aromatic N) is 1. The van der Waals surface area contributed by atoms with Crippen molar-refractivity contribution in [3.63, 3.8) is 0 Å². The van der Waals surface area contributed by atoms with E-state index in [1.807, 2.05) is 24.3 Å². The maximum Gasteiger partial charge on any atom is 0.253 e. The molecule has 1 atom stereocenters. The number of aliphatic hydroxyl groups is 2. The van der Waals surface area contributed by atoms with Gasteiger partial charge in [0.05, 0.1) is 12.2 Å². The Morgan fingerprint density at radius 1 is 1.03 bits per heavy atom. The van der Waals surface area contributed by atoms with Gasteiger partial charge in [0.2, 0.25) is 0 Å². The standard InChI is InChI=1S/C27H31NO3/c1-19(2)20-6-3-7-21(16-20)24-9-4-8-22-17-23(10-11-25(22)24)26(30)28-14-5-12-27(31,18-29)13-15-28/h3-4,6-11,16-17,19,29,31H,5,12-15,18H2,1-2H3. The van der Waals surface area contributed by atoms with Crippen LogP contribution >= 0.6 is 0 Å². The molecule has 2 N–H and O–H groups in total. The predicted molar refractivity (Wildman–Crippen MR) is 125 cm³/mol. The molecule has 0 radical (unpaired) electrons. The Bertz CT molecular complexity index is 1090. The van der Waals surface area contributed by atoms with E-state index in [1.54, 1.807) is 4.90 Å². The molecule has 0 aliphatic carbocycles. The second kappa shape index (κ2) is 8.81. The summed E-state index contributed by atoms with van der Waals surface area (Å²) in [6, 6.07) is 20.8. The van der Waals surface area contributed by atoms with Gasteiger partial charge in [0.25, 0.3) is 5.91 Å². The minimum Gasteiger partial charge on any atom is -0.393 e. The van der Waals surface area contributed by atoms with E-state index in [9.17, 15) is 15.0 Å². The van der Waals surface area contributed by atoms with Gasteiger partial charge in [0.15, 0.2) is 0 Å². The Morgan fingerprint density at radius 2 is 1.84 bits per heavy atom. The lowest BCUT2D eigenvalue weighted by molar-refractivity contribution is -0.0250. The molecule has 1 aliphatic heterocycles. The molecule has 0 bridgehead atoms. The molecule has 1 aliphatic rings. The molecule has 1 amide bonds. The van der Waals surface area contributed by atoms with Crippen LogP contribution in [0.1, 0.15) is 54.9 Å². The van der Waals surface area contributed by atoms with Crippen molar-refractivity contribution in [2.75, 3.05) is 19.7 Å². The van der Waals surface area contributed by atoms with E-state index in [2.05, 4.69) is 50.2 Å². The predicted octanol–water partition coefficient (Wildman–Crippen LogP) is 4.98. The van der Waals surface area contributed by atoms with Gasteiger partial charge in [-0.3, -0.25) is 4.79 Å². The van der Waals surface area contributed by atoms with Crippen molar-refractivity contribution in [1.29, 1.82) is 0 Å². The number of likely N-dealkylation sites (tertiary alicyclic amines) is 1. The molecule has 4 nitrogen and oxygen atoms in total. The first-order chi connectivity index (χ1) is 14.9. The van der Waals surface area contributed by atoms with Crippen molar-refractivity contribution >= 4 is 16.7 Å². The van der Waals surface area contributed by atoms with Crippen LogP contribution in [0.5, 0.6) is 0 Å². The average molecular weight is 418 g/mol. The highest BCUT2D eigenvalue weighted by atomic mass is 16.3. The van der Waals surface area contributed by atoms with E-state index in [-0.39, 0.29) is 12.5 Å². The number of carbonyl (C=O) groups is 1. The summed E-state index contributed by atoms with van der Waals surface area (Å²) in [6.45, 7) is 5.19. The van der Waals surface area contributed by atoms with Crippen molar-refractivity contribution in [3.05, 3.63) is 71.8 Å². The maximum absolute atomic E-state index is 13.2. The van der Waals surface area contributed by atoms with E-state index < -0.39 is 5.60 Å². The van der Waals surface area contributed by atoms with Crippen LogP contribution in [0.3, 0.4) is 0 Å². The first kappa shape index (κ1) is 21.5. The highest BCUT2D eigenvalue weighted by Crippen LogP contribution is 2.31. The number of aliphatic hydroxyl groups excluding tert-OH is 1. The second-order valence-corrected chi connectivity index (χ2v) is 9.05. The van der Waals surface area contributed by atoms with Crippen molar-refractivity contribution in [2.45, 2.75) is 44.6 Å². The highest BCUT2D eigenvalue weighted by molar-refractivity contribution is 6.02. The van der Waals surface area contributed by atoms with Gasteiger partial charge < -0.3 is 15.1 Å². The van der Waals surface area contributed by atoms with Gasteiger partial charge in [-0.2, -0.15) is 0 Å². The Morgan fingerprint density at radius 3 is 2.61 bits per heavy atom. The number of amides is 1. The number of hydrogen-bond acceptors (Lipinski definition) is 3. The largest absolute Gasteiger partial charge is 0.393 e. The fourth-order valence-corrected chi connectivity index (χ4v) is 4.46. The monoisotopic (exact) mass is 417 g/mol. The third kappa shape index (κ3) is 4.51. The fraction of sp³-hybridized carbons (Fsp3) is 0.370. The summed E-state index contributed by atoms with van der Waals surface area (Å²) in [5.74, 6) is 0.451. The fourth-order valence-electron chi connectivity index (χ4n) is 4.46. The lowest BCUT2D eigenvalue weighted by atomic mass is 9.93. The van der Waals surface area contributed by atoms with Gasteiger partial charge in [0, 0.05) is 18.7 Å². The molecule has 4 heteroatoms. The molecule has 3 aromatic carbocycles. The summed E-state index contributed by atoms with van der Waals surface area (Å²) in [6.07, 6.45) is 1.61. The van der Waals surface area contributed by atoms with Crippen LogP contribution in [0, 0.1) is 0 Å². The van der Waals surface area contributed by atoms with Gasteiger partial charge in [0.1, 0.15) is 0 Å². The minimum absolute atomic E-state index is 0.0173. The molecule has 1 unspecified atom stereocenters. The van der Waals surface area contributed by atoms with E-state index in [0.717, 1.165) is 10.8 Å². The van der Waals surface area contributed by atoms with Gasteiger partial charge in [-0.1, -0.05) is 62.4 Å². The summed E-state index contributed by atoms with van der Waals surface area (Å²) in [4.78, 5) is 14.9. The third-order valence-corrected chi connectivity index (χ3v) is 6.49. The quantitative estimate of drug-likeness (QED) is 0.629. The number of hydrogen-bond donors (Lipinski definition) is 2. The molecule has 1 heterocycles. The smallest absolute Gasteiger partial charge is 0.253 e. The van der Waals surface area contributed by atoms with Gasteiger partial charge >= 0.3 is 0 Å². The molecule has 1 saturated heterocycles. The topological polar surface area (TPSA) is 60.8 Å². The van der Waals surface area contributed by atoms with Crippen molar-refractivity contribution in [1.82, 2.24) is 4.90 Å². The van der Waals surface area contributed by atoms with Crippen LogP contribution in [-0.2, 0) is 0 Å². The van der Waals surface area contributed by atoms with E-state index >= 15 is 0 Å². The lowest BCUT2D eigenvalue weighted by Crippen LogP contribution is -2.36. The molecule has 0 aromatic heterocycles. The van der Waals surface area contributed by atoms with Crippen molar-refractivity contribution in [3.8, 4) is 11.1 Å². The van der Waals surface area contributed by atoms with Crippen molar-refractivity contribution in [2.24, 2.45) is 0 Å². The van der Waals surface area contributed by atoms with E-state index in [1.165, 1.54) is 16.7 Å². The lowest BCUT2D eigenvalue weighted by Gasteiger charge is -2.24. The third-order valence-electron chi connectivity index (χ3n) is 6.49. The first-order valence-corrected chi connectivity index (χ1v) is 11.2. The summed E-state index contributed by atoms with van der Waals surface area (Å²) >= 11 is 0. The molecule has 3 aromatic rings. The molecule has 31 heavy (non-hydrogen) atoms. The zero-order valence-corrected chi connectivity index (χ0v) is 18.3. The zero-order chi connectivity index (χ0) is 22.0. The van der Waals surface area contributed by atoms with Crippen molar-refractivity contribution < 1.29 is 15.0 Å². The maximum atomic E-state index is 13.2. The summed E-state index contributed by atoms with van der Waals surface area (Å²) < 4.78 is 0. The number of carbonyl (C=O) groups excluding carboxylic acids is 1. The second-order valence-electron chi connectivity index (χ2n) is 9.05. The molecule has 0 spiro atoms. The van der Waals surface area contributed by atoms with Gasteiger partial charge in [-0.05, 0) is 64.8 Å². The molecular formula is C27H31NO3. The number of fused-ring (bicyclic) bond motifs is 1. The van der Waals surface area contributed by atoms with Crippen LogP contribution in [0.25, 0.3) is 21.9 Å². The molecule has 162 valence electrons. The Kier molecular flexibility index (Phi) is 6.12. The van der Waals surface area contributed by atoms with Gasteiger partial charge in [-0.15, -0.1) is 0 Å². The van der Waals surface area contributed by atoms with Crippen LogP contribution in [0.4, 0.5) is 0 Å². The number of benzene rings is 3. The van der Waals surface area contributed by atoms with Crippen LogP contribution in [-0.4, -0.2) is 46.3 Å². The average Bonchev–Trinajstić information content (AvgIpc) is 3.00. The molecular weight excluding hydrogens is 386 g/mol. The van der Waals surface area contributed by atoms with Crippen LogP contribution in [0.15, 0.2) is 60.7 Å². The summed E-state index contributed by atoms with van der Waals surface area (Å²) in [5.41, 5.74) is 3.26. The number of rotatable bonds is 4. The minimum atomic E-state index is -1.07. The SMILES string of the molecule is CC(C)c1cccc(-c2cccc3cc(C(=O)N4CCCC(O)(CO)CC4)ccc23)c1. The summed E-state index contributed by atoms with van der Waals surface area (Å²) in [5, 5.41) is 22.0. The Labute approximate surface area is 184 Å². The summed E-state index contributed by atoms with van der Waals surface area (Å²) in [7, 11) is 0. The van der Waals surface area contributed by atoms with E-state index in [4.69, 9.17) is 0 Å². The molecule has 0 saturated carbocycles. The normalized spacial score (nSPS) is 19.6. The first-order valence-electron chi connectivity index (χ1n) is 11.2. The Hall–Kier alpha value is -2.69. The van der Waals surface area contributed by atoms with Crippen LogP contribution < -0.4 is 0 Å².